The number of hydrogen-bond donors (Lipinski definition) is 3. The molecule has 2 saturated heterocycles. The molecule has 0 saturated carbocycles. The Morgan fingerprint density at radius 3 is 2.71 bits per heavy atom. The number of hydrogen-bond acceptors (Lipinski definition) is 6. The predicted molar refractivity (Wildman–Crippen MR) is 92.8 cm³/mol. The molecule has 4 rings (SSSR count). The molecule has 2 atom stereocenters. The van der Waals surface area contributed by atoms with Gasteiger partial charge in [-0.2, -0.15) is 0 Å². The van der Waals surface area contributed by atoms with E-state index in [1.54, 1.807) is 18.3 Å². The van der Waals surface area contributed by atoms with Crippen LogP contribution in [0.3, 0.4) is 0 Å². The SMILES string of the molecule is N=C(c1ccnc(N2C3CCC2COC3)c1)c1cc(O)ccc1N. The molecule has 124 valence electrons. The van der Waals surface area contributed by atoms with Crippen molar-refractivity contribution >= 4 is 17.2 Å². The van der Waals surface area contributed by atoms with Crippen LogP contribution >= 0.6 is 0 Å². The molecule has 2 fully saturated rings. The highest BCUT2D eigenvalue weighted by Gasteiger charge is 2.38. The second-order valence-corrected chi connectivity index (χ2v) is 6.38. The summed E-state index contributed by atoms with van der Waals surface area (Å²) < 4.78 is 5.63. The lowest BCUT2D eigenvalue weighted by molar-refractivity contribution is 0.0902. The summed E-state index contributed by atoms with van der Waals surface area (Å²) in [5.74, 6) is 0.983. The number of pyridine rings is 1. The van der Waals surface area contributed by atoms with Gasteiger partial charge in [0.1, 0.15) is 11.6 Å². The zero-order valence-electron chi connectivity index (χ0n) is 13.3. The fraction of sp³-hybridized carbons (Fsp3) is 0.333. The molecule has 4 N–H and O–H groups in total. The maximum atomic E-state index is 9.68. The number of nitrogens with zero attached hydrogens (tertiary/aromatic N) is 2. The van der Waals surface area contributed by atoms with Crippen LogP contribution in [0.4, 0.5) is 11.5 Å². The quantitative estimate of drug-likeness (QED) is 0.457. The molecule has 1 aromatic carbocycles. The van der Waals surface area contributed by atoms with Crippen molar-refractivity contribution in [1.82, 2.24) is 4.98 Å². The van der Waals surface area contributed by atoms with E-state index >= 15 is 0 Å². The van der Waals surface area contributed by atoms with Crippen LogP contribution in [-0.4, -0.2) is 41.1 Å². The molecule has 2 unspecified atom stereocenters. The summed E-state index contributed by atoms with van der Waals surface area (Å²) in [6, 6.07) is 9.13. The summed E-state index contributed by atoms with van der Waals surface area (Å²) in [7, 11) is 0. The summed E-state index contributed by atoms with van der Waals surface area (Å²) in [5.41, 5.74) is 7.99. The van der Waals surface area contributed by atoms with Gasteiger partial charge in [-0.1, -0.05) is 0 Å². The van der Waals surface area contributed by atoms with Gasteiger partial charge in [0.15, 0.2) is 0 Å². The molecule has 0 spiro atoms. The molecule has 3 heterocycles. The van der Waals surface area contributed by atoms with Crippen molar-refractivity contribution in [1.29, 1.82) is 5.41 Å². The van der Waals surface area contributed by atoms with E-state index in [9.17, 15) is 5.11 Å². The molecule has 0 radical (unpaired) electrons. The second-order valence-electron chi connectivity index (χ2n) is 6.38. The third-order valence-electron chi connectivity index (χ3n) is 4.85. The van der Waals surface area contributed by atoms with E-state index in [-0.39, 0.29) is 11.5 Å². The van der Waals surface area contributed by atoms with Gasteiger partial charge < -0.3 is 20.5 Å². The van der Waals surface area contributed by atoms with Crippen LogP contribution in [0.1, 0.15) is 24.0 Å². The molecular weight excluding hydrogens is 304 g/mol. The Balaban J connectivity index is 1.68. The van der Waals surface area contributed by atoms with Crippen LogP contribution in [-0.2, 0) is 4.74 Å². The van der Waals surface area contributed by atoms with Crippen molar-refractivity contribution < 1.29 is 9.84 Å². The topological polar surface area (TPSA) is 95.5 Å². The fourth-order valence-corrected chi connectivity index (χ4v) is 3.63. The van der Waals surface area contributed by atoms with Crippen molar-refractivity contribution in [3.8, 4) is 5.75 Å². The molecular formula is C18H20N4O2. The van der Waals surface area contributed by atoms with Gasteiger partial charge in [-0.25, -0.2) is 4.98 Å². The van der Waals surface area contributed by atoms with E-state index < -0.39 is 0 Å². The van der Waals surface area contributed by atoms with E-state index in [4.69, 9.17) is 15.9 Å². The number of aromatic hydroxyl groups is 1. The number of ether oxygens (including phenoxy) is 1. The highest BCUT2D eigenvalue weighted by molar-refractivity contribution is 6.14. The number of benzene rings is 1. The van der Waals surface area contributed by atoms with Crippen molar-refractivity contribution in [2.75, 3.05) is 23.8 Å². The first-order valence-corrected chi connectivity index (χ1v) is 8.13. The van der Waals surface area contributed by atoms with Crippen LogP contribution in [0.5, 0.6) is 5.75 Å². The lowest BCUT2D eigenvalue weighted by atomic mass is 10.0. The molecule has 0 aliphatic carbocycles. The Bertz CT molecular complexity index is 776. The van der Waals surface area contributed by atoms with Gasteiger partial charge in [0.2, 0.25) is 0 Å². The molecule has 6 heteroatoms. The van der Waals surface area contributed by atoms with Gasteiger partial charge in [0, 0.05) is 23.0 Å². The molecule has 2 aromatic rings. The zero-order chi connectivity index (χ0) is 16.7. The number of nitrogens with one attached hydrogen (secondary N) is 1. The number of nitrogens with two attached hydrogens (primary N) is 1. The molecule has 24 heavy (non-hydrogen) atoms. The summed E-state index contributed by atoms with van der Waals surface area (Å²) in [4.78, 5) is 6.84. The van der Waals surface area contributed by atoms with E-state index in [0.717, 1.165) is 37.4 Å². The third kappa shape index (κ3) is 2.49. The van der Waals surface area contributed by atoms with Gasteiger partial charge >= 0.3 is 0 Å². The highest BCUT2D eigenvalue weighted by atomic mass is 16.5. The van der Waals surface area contributed by atoms with Crippen LogP contribution in [0.15, 0.2) is 36.5 Å². The minimum atomic E-state index is 0.101. The van der Waals surface area contributed by atoms with E-state index in [1.165, 1.54) is 12.1 Å². The monoisotopic (exact) mass is 324 g/mol. The van der Waals surface area contributed by atoms with Crippen molar-refractivity contribution in [2.24, 2.45) is 0 Å². The molecule has 2 aliphatic rings. The molecule has 0 amide bonds. The average molecular weight is 324 g/mol. The normalized spacial score (nSPS) is 22.6. The number of fused-ring (bicyclic) bond motifs is 2. The number of morpholine rings is 1. The van der Waals surface area contributed by atoms with Crippen LogP contribution in [0.25, 0.3) is 0 Å². The molecule has 6 nitrogen and oxygen atoms in total. The van der Waals surface area contributed by atoms with Gasteiger partial charge in [-0.3, -0.25) is 5.41 Å². The molecule has 2 bridgehead atoms. The Morgan fingerprint density at radius 2 is 1.96 bits per heavy atom. The van der Waals surface area contributed by atoms with E-state index in [2.05, 4.69) is 9.88 Å². The average Bonchev–Trinajstić information content (AvgIpc) is 2.85. The number of anilines is 2. The van der Waals surface area contributed by atoms with Crippen LogP contribution in [0, 0.1) is 5.41 Å². The predicted octanol–water partition coefficient (Wildman–Crippen LogP) is 2.15. The standard InChI is InChI=1S/C18H20N4O2/c19-16-4-3-14(23)8-15(16)18(20)11-5-6-21-17(7-11)22-12-1-2-13(22)10-24-9-12/h3-8,12-13,20,23H,1-2,9-10,19H2. The maximum Gasteiger partial charge on any atom is 0.129 e. The summed E-state index contributed by atoms with van der Waals surface area (Å²) >= 11 is 0. The number of nitrogen functional groups attached to an aromatic ring is 1. The van der Waals surface area contributed by atoms with Crippen molar-refractivity contribution in [3.63, 3.8) is 0 Å². The van der Waals surface area contributed by atoms with E-state index in [1.807, 2.05) is 6.07 Å². The Morgan fingerprint density at radius 1 is 1.21 bits per heavy atom. The summed E-state index contributed by atoms with van der Waals surface area (Å²) in [6.07, 6.45) is 3.97. The van der Waals surface area contributed by atoms with Gasteiger partial charge in [-0.05, 0) is 43.2 Å². The van der Waals surface area contributed by atoms with Crippen molar-refractivity contribution in [2.45, 2.75) is 24.9 Å². The molecule has 1 aromatic heterocycles. The number of phenolic OH excluding ortho intramolecular Hbond substituents is 1. The van der Waals surface area contributed by atoms with Gasteiger partial charge in [-0.15, -0.1) is 0 Å². The Labute approximate surface area is 140 Å². The maximum absolute atomic E-state index is 9.68. The van der Waals surface area contributed by atoms with Crippen LogP contribution in [0.2, 0.25) is 0 Å². The third-order valence-corrected chi connectivity index (χ3v) is 4.85. The smallest absolute Gasteiger partial charge is 0.129 e. The highest BCUT2D eigenvalue weighted by Crippen LogP contribution is 2.33. The minimum absolute atomic E-state index is 0.101. The zero-order valence-corrected chi connectivity index (χ0v) is 13.3. The Kier molecular flexibility index (Phi) is 3.61. The van der Waals surface area contributed by atoms with Crippen molar-refractivity contribution in [3.05, 3.63) is 47.7 Å². The number of aromatic nitrogens is 1. The fourth-order valence-electron chi connectivity index (χ4n) is 3.63. The van der Waals surface area contributed by atoms with Gasteiger partial charge in [0.05, 0.1) is 31.0 Å². The van der Waals surface area contributed by atoms with Crippen LogP contribution < -0.4 is 10.6 Å². The molecule has 2 aliphatic heterocycles. The lowest BCUT2D eigenvalue weighted by Gasteiger charge is -2.35. The second kappa shape index (κ2) is 5.79. The summed E-state index contributed by atoms with van der Waals surface area (Å²) in [6.45, 7) is 1.47. The first kappa shape index (κ1) is 15.0. The van der Waals surface area contributed by atoms with Gasteiger partial charge in [0.25, 0.3) is 0 Å². The number of rotatable bonds is 3. The first-order valence-electron chi connectivity index (χ1n) is 8.13. The van der Waals surface area contributed by atoms with E-state index in [0.29, 0.717) is 23.3 Å². The lowest BCUT2D eigenvalue weighted by Crippen LogP contribution is -2.46. The minimum Gasteiger partial charge on any atom is -0.508 e. The Hall–Kier alpha value is -2.60. The summed E-state index contributed by atoms with van der Waals surface area (Å²) in [5, 5.41) is 18.2. The first-order chi connectivity index (χ1) is 11.6. The number of phenols is 1. The largest absolute Gasteiger partial charge is 0.508 e.